The van der Waals surface area contributed by atoms with Gasteiger partial charge >= 0.3 is 0 Å². The molecule has 2 aromatic rings. The van der Waals surface area contributed by atoms with Crippen molar-refractivity contribution in [2.24, 2.45) is 4.99 Å². The van der Waals surface area contributed by atoms with E-state index in [1.807, 2.05) is 37.3 Å². The van der Waals surface area contributed by atoms with E-state index in [0.717, 1.165) is 11.1 Å². The van der Waals surface area contributed by atoms with Crippen LogP contribution in [-0.2, 0) is 19.0 Å². The molecular formula is C17H17NO4S. The van der Waals surface area contributed by atoms with Crippen LogP contribution in [0.2, 0.25) is 0 Å². The number of ether oxygens (including phenoxy) is 1. The number of hydrogen-bond acceptors (Lipinski definition) is 5. The average Bonchev–Trinajstić information content (AvgIpc) is 3.03. The fraction of sp³-hybridized carbons (Fsp3) is 0.235. The zero-order chi connectivity index (χ0) is 16.3. The van der Waals surface area contributed by atoms with Gasteiger partial charge in [0.1, 0.15) is 12.6 Å². The van der Waals surface area contributed by atoms with Crippen LogP contribution in [0.5, 0.6) is 0 Å². The van der Waals surface area contributed by atoms with E-state index >= 15 is 0 Å². The largest absolute Gasteiger partial charge is 0.475 e. The van der Waals surface area contributed by atoms with Crippen molar-refractivity contribution in [3.8, 4) is 0 Å². The second-order valence-electron chi connectivity index (χ2n) is 5.32. The molecular weight excluding hydrogens is 314 g/mol. The first-order valence-corrected chi connectivity index (χ1v) is 8.67. The SMILES string of the molecule is Cc1ccc(S(=O)(=O)OC[C@@H]2COC(c3ccccc3)=N2)cc1. The normalized spacial score (nSPS) is 17.6. The molecule has 0 unspecified atom stereocenters. The van der Waals surface area contributed by atoms with E-state index in [0.29, 0.717) is 12.5 Å². The molecule has 120 valence electrons. The van der Waals surface area contributed by atoms with Gasteiger partial charge in [0.05, 0.1) is 11.5 Å². The van der Waals surface area contributed by atoms with Crippen molar-refractivity contribution in [2.45, 2.75) is 17.9 Å². The maximum atomic E-state index is 12.1. The molecule has 1 atom stereocenters. The smallest absolute Gasteiger partial charge is 0.297 e. The summed E-state index contributed by atoms with van der Waals surface area (Å²) >= 11 is 0. The summed E-state index contributed by atoms with van der Waals surface area (Å²) in [5.74, 6) is 0.520. The van der Waals surface area contributed by atoms with E-state index in [1.54, 1.807) is 12.1 Å². The van der Waals surface area contributed by atoms with Gasteiger partial charge in [-0.25, -0.2) is 4.99 Å². The highest BCUT2D eigenvalue weighted by Gasteiger charge is 2.23. The molecule has 0 spiro atoms. The summed E-state index contributed by atoms with van der Waals surface area (Å²) in [5, 5.41) is 0. The zero-order valence-electron chi connectivity index (χ0n) is 12.7. The van der Waals surface area contributed by atoms with Crippen molar-refractivity contribution in [1.82, 2.24) is 0 Å². The van der Waals surface area contributed by atoms with E-state index in [2.05, 4.69) is 4.99 Å². The molecule has 1 aliphatic rings. The highest BCUT2D eigenvalue weighted by atomic mass is 32.2. The van der Waals surface area contributed by atoms with Crippen molar-refractivity contribution in [1.29, 1.82) is 0 Å². The van der Waals surface area contributed by atoms with Crippen LogP contribution in [0.25, 0.3) is 0 Å². The number of rotatable bonds is 5. The molecule has 0 radical (unpaired) electrons. The lowest BCUT2D eigenvalue weighted by atomic mass is 10.2. The number of aryl methyl sites for hydroxylation is 1. The fourth-order valence-electron chi connectivity index (χ4n) is 2.18. The molecule has 0 N–H and O–H groups in total. The molecule has 0 bridgehead atoms. The molecule has 23 heavy (non-hydrogen) atoms. The van der Waals surface area contributed by atoms with Crippen LogP contribution in [0.4, 0.5) is 0 Å². The number of hydrogen-bond donors (Lipinski definition) is 0. The molecule has 0 aromatic heterocycles. The van der Waals surface area contributed by atoms with E-state index in [9.17, 15) is 8.42 Å². The Kier molecular flexibility index (Phi) is 4.45. The quantitative estimate of drug-likeness (QED) is 0.790. The third-order valence-electron chi connectivity index (χ3n) is 3.46. The van der Waals surface area contributed by atoms with Gasteiger partial charge in [-0.15, -0.1) is 0 Å². The van der Waals surface area contributed by atoms with Gasteiger partial charge < -0.3 is 4.74 Å². The van der Waals surface area contributed by atoms with Crippen molar-refractivity contribution < 1.29 is 17.3 Å². The summed E-state index contributed by atoms with van der Waals surface area (Å²) in [6, 6.07) is 15.7. The maximum absolute atomic E-state index is 12.1. The summed E-state index contributed by atoms with van der Waals surface area (Å²) in [7, 11) is -3.77. The molecule has 0 amide bonds. The van der Waals surface area contributed by atoms with Crippen LogP contribution in [-0.4, -0.2) is 33.6 Å². The van der Waals surface area contributed by atoms with Crippen molar-refractivity contribution in [2.75, 3.05) is 13.2 Å². The number of aliphatic imine (C=N–C) groups is 1. The van der Waals surface area contributed by atoms with Crippen LogP contribution in [0.3, 0.4) is 0 Å². The molecule has 0 fully saturated rings. The Balaban J connectivity index is 1.65. The lowest BCUT2D eigenvalue weighted by Gasteiger charge is -2.07. The first-order valence-electron chi connectivity index (χ1n) is 7.27. The fourth-order valence-corrected chi connectivity index (χ4v) is 3.12. The standard InChI is InChI=1S/C17H17NO4S/c1-13-7-9-16(10-8-13)23(19,20)22-12-15-11-21-17(18-15)14-5-3-2-4-6-14/h2-10,15H,11-12H2,1H3/t15-/m0/s1. The van der Waals surface area contributed by atoms with Crippen molar-refractivity contribution >= 4 is 16.0 Å². The first-order chi connectivity index (χ1) is 11.0. The highest BCUT2D eigenvalue weighted by molar-refractivity contribution is 7.86. The summed E-state index contributed by atoms with van der Waals surface area (Å²) in [5.41, 5.74) is 1.86. The Labute approximate surface area is 135 Å². The highest BCUT2D eigenvalue weighted by Crippen LogP contribution is 2.16. The van der Waals surface area contributed by atoms with Crippen molar-refractivity contribution in [3.05, 3.63) is 65.7 Å². The molecule has 2 aromatic carbocycles. The minimum absolute atomic E-state index is 0.0352. The number of nitrogens with zero attached hydrogens (tertiary/aromatic N) is 1. The van der Waals surface area contributed by atoms with Gasteiger partial charge in [-0.05, 0) is 31.2 Å². The third-order valence-corrected chi connectivity index (χ3v) is 4.75. The molecule has 0 saturated heterocycles. The lowest BCUT2D eigenvalue weighted by Crippen LogP contribution is -2.18. The Morgan fingerprint density at radius 2 is 1.83 bits per heavy atom. The second kappa shape index (κ2) is 6.52. The predicted molar refractivity (Wildman–Crippen MR) is 87.0 cm³/mol. The Morgan fingerprint density at radius 3 is 2.52 bits per heavy atom. The van der Waals surface area contributed by atoms with E-state index in [1.165, 1.54) is 12.1 Å². The van der Waals surface area contributed by atoms with E-state index in [4.69, 9.17) is 8.92 Å². The molecule has 1 heterocycles. The summed E-state index contributed by atoms with van der Waals surface area (Å²) in [6.07, 6.45) is 0. The van der Waals surface area contributed by atoms with Crippen LogP contribution in [0, 0.1) is 6.92 Å². The zero-order valence-corrected chi connectivity index (χ0v) is 13.5. The molecule has 0 aliphatic carbocycles. The second-order valence-corrected chi connectivity index (χ2v) is 6.93. The molecule has 6 heteroatoms. The molecule has 0 saturated carbocycles. The minimum Gasteiger partial charge on any atom is -0.475 e. The average molecular weight is 331 g/mol. The molecule has 3 rings (SSSR count). The Hall–Kier alpha value is -2.18. The predicted octanol–water partition coefficient (Wildman–Crippen LogP) is 2.55. The van der Waals surface area contributed by atoms with E-state index in [-0.39, 0.29) is 17.5 Å². The molecule has 5 nitrogen and oxygen atoms in total. The van der Waals surface area contributed by atoms with Gasteiger partial charge in [-0.1, -0.05) is 35.9 Å². The Bertz CT molecular complexity index is 798. The van der Waals surface area contributed by atoms with Crippen LogP contribution >= 0.6 is 0 Å². The lowest BCUT2D eigenvalue weighted by molar-refractivity contribution is 0.246. The van der Waals surface area contributed by atoms with E-state index < -0.39 is 10.1 Å². The van der Waals surface area contributed by atoms with Gasteiger partial charge in [0, 0.05) is 5.56 Å². The van der Waals surface area contributed by atoms with Crippen molar-refractivity contribution in [3.63, 3.8) is 0 Å². The maximum Gasteiger partial charge on any atom is 0.297 e. The van der Waals surface area contributed by atoms with Crippen LogP contribution in [0.1, 0.15) is 11.1 Å². The minimum atomic E-state index is -3.77. The number of benzene rings is 2. The monoisotopic (exact) mass is 331 g/mol. The third kappa shape index (κ3) is 3.78. The van der Waals surface area contributed by atoms with Gasteiger partial charge in [0.25, 0.3) is 10.1 Å². The summed E-state index contributed by atoms with van der Waals surface area (Å²) in [6.45, 7) is 2.17. The summed E-state index contributed by atoms with van der Waals surface area (Å²) < 4.78 is 34.9. The van der Waals surface area contributed by atoms with Crippen LogP contribution < -0.4 is 0 Å². The topological polar surface area (TPSA) is 65.0 Å². The van der Waals surface area contributed by atoms with Gasteiger partial charge in [0.2, 0.25) is 5.90 Å². The first kappa shape index (κ1) is 15.7. The van der Waals surface area contributed by atoms with Gasteiger partial charge in [-0.3, -0.25) is 4.18 Å². The van der Waals surface area contributed by atoms with Gasteiger partial charge in [-0.2, -0.15) is 8.42 Å². The van der Waals surface area contributed by atoms with Gasteiger partial charge in [0.15, 0.2) is 0 Å². The Morgan fingerprint density at radius 1 is 1.13 bits per heavy atom. The molecule has 1 aliphatic heterocycles. The van der Waals surface area contributed by atoms with Crippen LogP contribution in [0.15, 0.2) is 64.5 Å². The summed E-state index contributed by atoms with van der Waals surface area (Å²) in [4.78, 5) is 4.52.